The lowest BCUT2D eigenvalue weighted by atomic mass is 10.2. The first kappa shape index (κ1) is 16.7. The molecule has 0 saturated carbocycles. The van der Waals surface area contributed by atoms with Crippen molar-refractivity contribution in [2.45, 2.75) is 11.1 Å². The molecule has 0 radical (unpaired) electrons. The Morgan fingerprint density at radius 2 is 1.96 bits per heavy atom. The monoisotopic (exact) mass is 381 g/mol. The van der Waals surface area contributed by atoms with E-state index in [2.05, 4.69) is 14.9 Å². The molecule has 0 aliphatic carbocycles. The number of thiophene rings is 1. The highest BCUT2D eigenvalue weighted by Crippen LogP contribution is 2.31. The molecule has 6 nitrogen and oxygen atoms in total. The molecule has 0 aliphatic heterocycles. The Morgan fingerprint density at radius 3 is 2.67 bits per heavy atom. The Hall–Kier alpha value is -2.16. The van der Waals surface area contributed by atoms with Gasteiger partial charge in [0, 0.05) is 11.1 Å². The molecular weight excluding hydrogens is 370 g/mol. The zero-order valence-electron chi connectivity index (χ0n) is 12.4. The molecule has 0 bridgehead atoms. The first-order chi connectivity index (χ1) is 11.3. The van der Waals surface area contributed by atoms with Gasteiger partial charge in [-0.05, 0) is 42.8 Å². The van der Waals surface area contributed by atoms with E-state index in [0.29, 0.717) is 21.3 Å². The third-order valence-corrected chi connectivity index (χ3v) is 6.42. The minimum absolute atomic E-state index is 0.143. The van der Waals surface area contributed by atoms with E-state index >= 15 is 0 Å². The van der Waals surface area contributed by atoms with Crippen LogP contribution < -0.4 is 10.3 Å². The topological polar surface area (TPSA) is 91.9 Å². The Labute approximate surface area is 147 Å². The van der Waals surface area contributed by atoms with Crippen LogP contribution in [-0.2, 0) is 10.0 Å². The van der Waals surface area contributed by atoms with Gasteiger partial charge < -0.3 is 0 Å². The number of hydrogen-bond acceptors (Lipinski definition) is 5. The number of halogens is 1. The van der Waals surface area contributed by atoms with E-state index in [-0.39, 0.29) is 9.77 Å². The van der Waals surface area contributed by atoms with Crippen LogP contribution in [0, 0.1) is 6.92 Å². The molecule has 24 heavy (non-hydrogen) atoms. The number of nitrogens with zero attached hydrogens (tertiary/aromatic N) is 1. The lowest BCUT2D eigenvalue weighted by molar-refractivity contribution is 0.603. The fourth-order valence-corrected chi connectivity index (χ4v) is 4.55. The molecule has 0 fully saturated rings. The number of rotatable bonds is 4. The maximum Gasteiger partial charge on any atom is 0.271 e. The average Bonchev–Trinajstić information content (AvgIpc) is 3.02. The fourth-order valence-electron chi connectivity index (χ4n) is 1.98. The first-order valence-corrected chi connectivity index (χ1v) is 9.48. The number of aromatic amines is 1. The van der Waals surface area contributed by atoms with Gasteiger partial charge in [-0.3, -0.25) is 9.52 Å². The number of aryl methyl sites for hydroxylation is 1. The van der Waals surface area contributed by atoms with Crippen molar-refractivity contribution < 1.29 is 8.42 Å². The largest absolute Gasteiger partial charge is 0.279 e. The summed E-state index contributed by atoms with van der Waals surface area (Å²) in [5, 5.41) is 6.66. The standard InChI is InChI=1S/C15H12ClN3O3S2/c1-9-2-3-10(16)8-12(9)19-24(21,22)15-7-5-13(23-15)11-4-6-14(20)18-17-11/h2-8,19H,1H3,(H,18,20). The van der Waals surface area contributed by atoms with Gasteiger partial charge in [-0.25, -0.2) is 13.5 Å². The summed E-state index contributed by atoms with van der Waals surface area (Å²) in [4.78, 5) is 11.7. The van der Waals surface area contributed by atoms with Gasteiger partial charge in [-0.15, -0.1) is 11.3 Å². The van der Waals surface area contributed by atoms with Gasteiger partial charge in [-0.1, -0.05) is 17.7 Å². The SMILES string of the molecule is Cc1ccc(Cl)cc1NS(=O)(=O)c1ccc(-c2ccc(=O)[nH]n2)s1. The van der Waals surface area contributed by atoms with E-state index < -0.39 is 10.0 Å². The lowest BCUT2D eigenvalue weighted by Crippen LogP contribution is -2.12. The predicted molar refractivity (Wildman–Crippen MR) is 95.2 cm³/mol. The van der Waals surface area contributed by atoms with Crippen molar-refractivity contribution in [1.29, 1.82) is 0 Å². The molecule has 9 heteroatoms. The molecule has 0 aliphatic rings. The second-order valence-electron chi connectivity index (χ2n) is 4.99. The van der Waals surface area contributed by atoms with Gasteiger partial charge in [0.25, 0.3) is 15.6 Å². The van der Waals surface area contributed by atoms with Crippen LogP contribution in [-0.4, -0.2) is 18.6 Å². The summed E-state index contributed by atoms with van der Waals surface area (Å²) in [7, 11) is -3.74. The maximum absolute atomic E-state index is 12.5. The number of anilines is 1. The minimum atomic E-state index is -3.74. The second-order valence-corrected chi connectivity index (χ2v) is 8.42. The summed E-state index contributed by atoms with van der Waals surface area (Å²) in [6.07, 6.45) is 0. The normalized spacial score (nSPS) is 11.4. The zero-order chi connectivity index (χ0) is 17.3. The molecular formula is C15H12ClN3O3S2. The molecule has 0 amide bonds. The van der Waals surface area contributed by atoms with Crippen molar-refractivity contribution in [3.05, 3.63) is 63.4 Å². The van der Waals surface area contributed by atoms with Crippen LogP contribution in [0.15, 0.2) is 51.5 Å². The van der Waals surface area contributed by atoms with Crippen LogP contribution in [0.5, 0.6) is 0 Å². The zero-order valence-corrected chi connectivity index (χ0v) is 14.8. The molecule has 1 aromatic carbocycles. The van der Waals surface area contributed by atoms with Gasteiger partial charge >= 0.3 is 0 Å². The van der Waals surface area contributed by atoms with Crippen LogP contribution in [0.2, 0.25) is 5.02 Å². The molecule has 0 atom stereocenters. The summed E-state index contributed by atoms with van der Waals surface area (Å²) in [6, 6.07) is 11.0. The van der Waals surface area contributed by atoms with Crippen molar-refractivity contribution >= 4 is 38.6 Å². The smallest absolute Gasteiger partial charge is 0.271 e. The van der Waals surface area contributed by atoms with E-state index in [9.17, 15) is 13.2 Å². The highest BCUT2D eigenvalue weighted by Gasteiger charge is 2.19. The number of sulfonamides is 1. The number of nitrogens with one attached hydrogen (secondary N) is 2. The number of benzene rings is 1. The predicted octanol–water partition coefficient (Wildman–Crippen LogP) is 3.26. The number of aromatic nitrogens is 2. The van der Waals surface area contributed by atoms with Crippen molar-refractivity contribution in [2.24, 2.45) is 0 Å². The summed E-state index contributed by atoms with van der Waals surface area (Å²) in [5.41, 5.74) is 1.38. The summed E-state index contributed by atoms with van der Waals surface area (Å²) >= 11 is 6.98. The van der Waals surface area contributed by atoms with E-state index in [1.807, 2.05) is 0 Å². The summed E-state index contributed by atoms with van der Waals surface area (Å²) in [6.45, 7) is 1.79. The highest BCUT2D eigenvalue weighted by atomic mass is 35.5. The Balaban J connectivity index is 1.92. The fraction of sp³-hybridized carbons (Fsp3) is 0.0667. The third-order valence-electron chi connectivity index (χ3n) is 3.22. The molecule has 0 spiro atoms. The molecule has 3 rings (SSSR count). The van der Waals surface area contributed by atoms with Crippen LogP contribution in [0.4, 0.5) is 5.69 Å². The Morgan fingerprint density at radius 1 is 1.17 bits per heavy atom. The van der Waals surface area contributed by atoms with Crippen molar-refractivity contribution in [2.75, 3.05) is 4.72 Å². The van der Waals surface area contributed by atoms with E-state index in [1.165, 1.54) is 18.2 Å². The van der Waals surface area contributed by atoms with Crippen LogP contribution in [0.3, 0.4) is 0 Å². The minimum Gasteiger partial charge on any atom is -0.279 e. The number of hydrogen-bond donors (Lipinski definition) is 2. The summed E-state index contributed by atoms with van der Waals surface area (Å²) in [5.74, 6) is 0. The van der Waals surface area contributed by atoms with E-state index in [0.717, 1.165) is 16.9 Å². The number of H-pyrrole nitrogens is 1. The lowest BCUT2D eigenvalue weighted by Gasteiger charge is -2.09. The maximum atomic E-state index is 12.5. The molecule has 0 unspecified atom stereocenters. The van der Waals surface area contributed by atoms with Crippen molar-refractivity contribution in [3.8, 4) is 10.6 Å². The third kappa shape index (κ3) is 3.50. The molecule has 2 heterocycles. The van der Waals surface area contributed by atoms with Gasteiger partial charge in [0.1, 0.15) is 9.90 Å². The molecule has 2 aromatic heterocycles. The summed E-state index contributed by atoms with van der Waals surface area (Å²) < 4.78 is 27.8. The van der Waals surface area contributed by atoms with Gasteiger partial charge in [0.2, 0.25) is 0 Å². The molecule has 3 aromatic rings. The van der Waals surface area contributed by atoms with Crippen molar-refractivity contribution in [3.63, 3.8) is 0 Å². The Bertz CT molecular complexity index is 1040. The van der Waals surface area contributed by atoms with Gasteiger partial charge in [-0.2, -0.15) is 5.10 Å². The Kier molecular flexibility index (Phi) is 4.44. The van der Waals surface area contributed by atoms with Crippen LogP contribution >= 0.6 is 22.9 Å². The van der Waals surface area contributed by atoms with Gasteiger partial charge in [0.15, 0.2) is 0 Å². The van der Waals surface area contributed by atoms with Gasteiger partial charge in [0.05, 0.1) is 10.6 Å². The van der Waals surface area contributed by atoms with Crippen molar-refractivity contribution in [1.82, 2.24) is 10.2 Å². The van der Waals surface area contributed by atoms with Crippen LogP contribution in [0.25, 0.3) is 10.6 Å². The van der Waals surface area contributed by atoms with E-state index in [1.54, 1.807) is 31.2 Å². The quantitative estimate of drug-likeness (QED) is 0.725. The molecule has 2 N–H and O–H groups in total. The van der Waals surface area contributed by atoms with E-state index in [4.69, 9.17) is 11.6 Å². The second kappa shape index (κ2) is 6.39. The first-order valence-electron chi connectivity index (χ1n) is 6.80. The average molecular weight is 382 g/mol. The van der Waals surface area contributed by atoms with Crippen LogP contribution in [0.1, 0.15) is 5.56 Å². The highest BCUT2D eigenvalue weighted by molar-refractivity contribution is 7.94. The molecule has 124 valence electrons. The molecule has 0 saturated heterocycles.